The Morgan fingerprint density at radius 1 is 0.871 bits per heavy atom. The second-order valence-electron chi connectivity index (χ2n) is 7.18. The Morgan fingerprint density at radius 3 is 2.26 bits per heavy atom. The van der Waals surface area contributed by atoms with Gasteiger partial charge < -0.3 is 45.2 Å². The van der Waals surface area contributed by atoms with Crippen molar-refractivity contribution in [2.75, 3.05) is 6.61 Å². The highest BCUT2D eigenvalue weighted by atomic mass is 16.7. The van der Waals surface area contributed by atoms with Crippen LogP contribution >= 0.6 is 0 Å². The Bertz CT molecular complexity index is 1080. The van der Waals surface area contributed by atoms with E-state index in [-0.39, 0.29) is 39.7 Å². The van der Waals surface area contributed by atoms with E-state index in [9.17, 15) is 35.7 Å². The van der Waals surface area contributed by atoms with Crippen molar-refractivity contribution in [3.8, 4) is 34.3 Å². The number of hydrogen-bond acceptors (Lipinski definition) is 9. The summed E-state index contributed by atoms with van der Waals surface area (Å²) < 4.78 is 17.0. The number of fused-ring (bicyclic) bond motifs is 1. The van der Waals surface area contributed by atoms with Crippen LogP contribution in [0.2, 0.25) is 0 Å². The van der Waals surface area contributed by atoms with Gasteiger partial charge in [-0.25, -0.2) is 4.42 Å². The summed E-state index contributed by atoms with van der Waals surface area (Å²) >= 11 is 0. The van der Waals surface area contributed by atoms with Crippen molar-refractivity contribution in [2.45, 2.75) is 30.7 Å². The third kappa shape index (κ3) is 3.94. The summed E-state index contributed by atoms with van der Waals surface area (Å²) in [6.07, 6.45) is -7.52. The largest absolute Gasteiger partial charge is 0.508 e. The topological polar surface area (TPSA) is 171 Å². The first-order valence-electron chi connectivity index (χ1n) is 9.38. The van der Waals surface area contributed by atoms with Crippen LogP contribution < -0.4 is 4.74 Å². The summed E-state index contributed by atoms with van der Waals surface area (Å²) in [4.78, 5) is 0. The lowest BCUT2D eigenvalue weighted by atomic mass is 9.99. The van der Waals surface area contributed by atoms with Gasteiger partial charge in [0.1, 0.15) is 47.1 Å². The van der Waals surface area contributed by atoms with E-state index in [0.29, 0.717) is 5.56 Å². The van der Waals surface area contributed by atoms with Gasteiger partial charge in [-0.05, 0) is 24.3 Å². The SMILES string of the molecule is OCC1OC(Oc2cc3c(O)cc(O)cc3[o+]c2-c2ccc(O)cc2)C(O)C(O)C1O. The molecule has 1 fully saturated rings. The second-order valence-corrected chi connectivity index (χ2v) is 7.18. The molecule has 1 saturated heterocycles. The summed E-state index contributed by atoms with van der Waals surface area (Å²) in [5.74, 6) is -0.420. The first-order chi connectivity index (χ1) is 14.8. The van der Waals surface area contributed by atoms with E-state index in [2.05, 4.69) is 0 Å². The van der Waals surface area contributed by atoms with E-state index < -0.39 is 37.3 Å². The zero-order chi connectivity index (χ0) is 22.3. The molecule has 0 aliphatic carbocycles. The highest BCUT2D eigenvalue weighted by Crippen LogP contribution is 2.40. The third-order valence-corrected chi connectivity index (χ3v) is 5.04. The summed E-state index contributed by atoms with van der Waals surface area (Å²) in [5, 5.41) is 69.4. The molecule has 0 saturated carbocycles. The highest BCUT2D eigenvalue weighted by Gasteiger charge is 2.45. The Labute approximate surface area is 175 Å². The maximum atomic E-state index is 10.3. The number of aromatic hydroxyl groups is 3. The molecule has 164 valence electrons. The van der Waals surface area contributed by atoms with E-state index in [1.165, 1.54) is 36.4 Å². The van der Waals surface area contributed by atoms with E-state index in [1.54, 1.807) is 0 Å². The molecule has 5 atom stereocenters. The Balaban J connectivity index is 1.81. The molecule has 0 spiro atoms. The van der Waals surface area contributed by atoms with E-state index in [4.69, 9.17) is 13.9 Å². The van der Waals surface area contributed by atoms with Crippen molar-refractivity contribution in [1.82, 2.24) is 0 Å². The molecule has 4 rings (SSSR count). The molecule has 7 N–H and O–H groups in total. The normalized spacial score (nSPS) is 26.1. The molecule has 10 heteroatoms. The monoisotopic (exact) mass is 433 g/mol. The number of hydrogen-bond donors (Lipinski definition) is 7. The number of phenols is 3. The van der Waals surface area contributed by atoms with Crippen LogP contribution in [-0.4, -0.2) is 73.1 Å². The fourth-order valence-corrected chi connectivity index (χ4v) is 3.38. The van der Waals surface area contributed by atoms with Gasteiger partial charge in [-0.3, -0.25) is 0 Å². The van der Waals surface area contributed by atoms with Crippen LogP contribution in [0.1, 0.15) is 0 Å². The van der Waals surface area contributed by atoms with Crippen LogP contribution in [0.5, 0.6) is 23.0 Å². The number of phenolic OH excluding ortho intramolecular Hbond substituents is 3. The molecule has 2 aromatic carbocycles. The fraction of sp³-hybridized carbons (Fsp3) is 0.286. The van der Waals surface area contributed by atoms with Crippen molar-refractivity contribution in [1.29, 1.82) is 0 Å². The molecule has 1 aromatic heterocycles. The Kier molecular flexibility index (Phi) is 5.56. The minimum absolute atomic E-state index is 0.0104. The standard InChI is InChI=1S/C21H20O10/c22-8-16-17(26)18(27)19(28)21(31-16)30-15-7-12-13(25)5-11(24)6-14(12)29-20(15)9-1-3-10(23)4-2-9/h1-7,16-19,21-22,26-28H,8H2,(H2-,23,24,25)/p+1. The lowest BCUT2D eigenvalue weighted by Gasteiger charge is -2.39. The average Bonchev–Trinajstić information content (AvgIpc) is 2.74. The maximum absolute atomic E-state index is 10.3. The van der Waals surface area contributed by atoms with Crippen LogP contribution in [0.25, 0.3) is 22.3 Å². The van der Waals surface area contributed by atoms with Crippen molar-refractivity contribution in [3.05, 3.63) is 42.5 Å². The predicted molar refractivity (Wildman–Crippen MR) is 105 cm³/mol. The Hall–Kier alpha value is -3.15. The molecule has 31 heavy (non-hydrogen) atoms. The van der Waals surface area contributed by atoms with Crippen molar-refractivity contribution >= 4 is 11.0 Å². The average molecular weight is 433 g/mol. The van der Waals surface area contributed by atoms with Crippen molar-refractivity contribution < 1.29 is 49.6 Å². The van der Waals surface area contributed by atoms with Crippen LogP contribution in [0.15, 0.2) is 46.9 Å². The number of ether oxygens (including phenoxy) is 2. The molecule has 2 heterocycles. The number of rotatable bonds is 4. The first kappa shape index (κ1) is 21.1. The van der Waals surface area contributed by atoms with E-state index in [1.807, 2.05) is 0 Å². The molecule has 3 aromatic rings. The summed E-state index contributed by atoms with van der Waals surface area (Å²) in [7, 11) is 0. The zero-order valence-electron chi connectivity index (χ0n) is 16.0. The second kappa shape index (κ2) is 8.17. The molecule has 0 bridgehead atoms. The minimum atomic E-state index is -1.66. The quantitative estimate of drug-likeness (QED) is 0.290. The number of aliphatic hydroxyl groups is 4. The molecule has 0 radical (unpaired) electrons. The molecular formula is C21H21O10+. The van der Waals surface area contributed by atoms with Crippen LogP contribution in [0, 0.1) is 0 Å². The predicted octanol–water partition coefficient (Wildman–Crippen LogP) is 0.676. The lowest BCUT2D eigenvalue weighted by Crippen LogP contribution is -2.60. The molecule has 1 aliphatic rings. The summed E-state index contributed by atoms with van der Waals surface area (Å²) in [6.45, 7) is -0.627. The van der Waals surface area contributed by atoms with Gasteiger partial charge in [-0.15, -0.1) is 0 Å². The fourth-order valence-electron chi connectivity index (χ4n) is 3.38. The van der Waals surface area contributed by atoms with E-state index >= 15 is 0 Å². The summed E-state index contributed by atoms with van der Waals surface area (Å²) in [5.41, 5.74) is 0.573. The smallest absolute Gasteiger partial charge is 0.402 e. The van der Waals surface area contributed by atoms with Crippen LogP contribution in [-0.2, 0) is 4.74 Å². The third-order valence-electron chi connectivity index (χ3n) is 5.04. The van der Waals surface area contributed by atoms with Gasteiger partial charge in [0, 0.05) is 12.1 Å². The number of benzene rings is 2. The number of aliphatic hydroxyl groups excluding tert-OH is 4. The molecular weight excluding hydrogens is 412 g/mol. The van der Waals surface area contributed by atoms with Crippen LogP contribution in [0.3, 0.4) is 0 Å². The van der Waals surface area contributed by atoms with Crippen molar-refractivity contribution in [3.63, 3.8) is 0 Å². The van der Waals surface area contributed by atoms with Gasteiger partial charge >= 0.3 is 11.3 Å². The van der Waals surface area contributed by atoms with Gasteiger partial charge in [0.2, 0.25) is 12.0 Å². The van der Waals surface area contributed by atoms with Gasteiger partial charge in [-0.2, -0.15) is 0 Å². The molecule has 5 unspecified atom stereocenters. The first-order valence-corrected chi connectivity index (χ1v) is 9.38. The van der Waals surface area contributed by atoms with Crippen LogP contribution in [0.4, 0.5) is 0 Å². The Morgan fingerprint density at radius 2 is 1.58 bits per heavy atom. The molecule has 1 aliphatic heterocycles. The van der Waals surface area contributed by atoms with Gasteiger partial charge in [0.15, 0.2) is 0 Å². The van der Waals surface area contributed by atoms with Gasteiger partial charge in [0.25, 0.3) is 0 Å². The minimum Gasteiger partial charge on any atom is -0.508 e. The van der Waals surface area contributed by atoms with Crippen molar-refractivity contribution in [2.24, 2.45) is 0 Å². The molecule has 10 nitrogen and oxygen atoms in total. The zero-order valence-corrected chi connectivity index (χ0v) is 16.0. The van der Waals surface area contributed by atoms with Gasteiger partial charge in [0.05, 0.1) is 18.2 Å². The van der Waals surface area contributed by atoms with E-state index in [0.717, 1.165) is 6.07 Å². The highest BCUT2D eigenvalue weighted by molar-refractivity contribution is 5.88. The summed E-state index contributed by atoms with van der Waals surface area (Å²) in [6, 6.07) is 9.66. The molecule has 0 amide bonds. The van der Waals surface area contributed by atoms with Gasteiger partial charge in [-0.1, -0.05) is 0 Å². The lowest BCUT2D eigenvalue weighted by molar-refractivity contribution is -0.277. The maximum Gasteiger partial charge on any atom is 0.402 e.